The molecule has 0 aliphatic heterocycles. The molecule has 202 valence electrons. The second-order valence-electron chi connectivity index (χ2n) is 9.13. The van der Waals surface area contributed by atoms with Crippen LogP contribution in [-0.2, 0) is 26.2 Å². The first-order valence-electron chi connectivity index (χ1n) is 12.6. The van der Waals surface area contributed by atoms with Crippen molar-refractivity contribution in [3.63, 3.8) is 0 Å². The van der Waals surface area contributed by atoms with Crippen LogP contribution in [0.4, 0.5) is 5.69 Å². The number of rotatable bonds is 12. The topological polar surface area (TPSA) is 86.8 Å². The first-order chi connectivity index (χ1) is 18.1. The van der Waals surface area contributed by atoms with Crippen molar-refractivity contribution in [1.82, 2.24) is 10.2 Å². The van der Waals surface area contributed by atoms with Gasteiger partial charge in [0.25, 0.3) is 10.0 Å². The molecule has 3 rings (SSSR count). The molecule has 3 aromatic carbocycles. The van der Waals surface area contributed by atoms with E-state index in [0.29, 0.717) is 17.3 Å². The lowest BCUT2D eigenvalue weighted by Crippen LogP contribution is -2.51. The largest absolute Gasteiger partial charge is 0.354 e. The number of nitrogens with zero attached hydrogens (tertiary/aromatic N) is 2. The van der Waals surface area contributed by atoms with Crippen molar-refractivity contribution < 1.29 is 18.0 Å². The van der Waals surface area contributed by atoms with Gasteiger partial charge in [-0.3, -0.25) is 13.9 Å². The number of unbranched alkanes of at least 4 members (excludes halogenated alkanes) is 1. The minimum atomic E-state index is -4.07. The second-order valence-corrected chi connectivity index (χ2v) is 11.4. The van der Waals surface area contributed by atoms with E-state index in [1.54, 1.807) is 73.7 Å². The highest BCUT2D eigenvalue weighted by Gasteiger charge is 2.32. The third-order valence-electron chi connectivity index (χ3n) is 6.20. The molecule has 2 amide bonds. The van der Waals surface area contributed by atoms with Gasteiger partial charge in [-0.25, -0.2) is 8.42 Å². The fourth-order valence-corrected chi connectivity index (χ4v) is 5.41. The molecule has 0 spiro atoms. The maximum atomic E-state index is 13.8. The van der Waals surface area contributed by atoms with Crippen LogP contribution in [0, 0.1) is 6.92 Å². The maximum Gasteiger partial charge on any atom is 0.264 e. The molecule has 0 unspecified atom stereocenters. The number of amides is 2. The summed E-state index contributed by atoms with van der Waals surface area (Å²) in [5.41, 5.74) is 2.04. The first kappa shape index (κ1) is 29.2. The van der Waals surface area contributed by atoms with Crippen molar-refractivity contribution in [2.75, 3.05) is 17.4 Å². The third-order valence-corrected chi connectivity index (χ3v) is 8.24. The summed E-state index contributed by atoms with van der Waals surface area (Å²) in [7, 11) is -4.07. The van der Waals surface area contributed by atoms with Crippen LogP contribution in [0.2, 0.25) is 5.02 Å². The molecule has 0 aromatic heterocycles. The maximum absolute atomic E-state index is 13.8. The van der Waals surface area contributed by atoms with E-state index in [1.165, 1.54) is 17.0 Å². The van der Waals surface area contributed by atoms with Crippen molar-refractivity contribution in [3.8, 4) is 0 Å². The van der Waals surface area contributed by atoms with Gasteiger partial charge in [-0.1, -0.05) is 73.0 Å². The number of hydrogen-bond acceptors (Lipinski definition) is 4. The Labute approximate surface area is 230 Å². The van der Waals surface area contributed by atoms with Gasteiger partial charge in [0, 0.05) is 18.1 Å². The molecular weight excluding hydrogens is 522 g/mol. The lowest BCUT2D eigenvalue weighted by molar-refractivity contribution is -0.139. The van der Waals surface area contributed by atoms with Crippen molar-refractivity contribution in [1.29, 1.82) is 0 Å². The van der Waals surface area contributed by atoms with E-state index in [-0.39, 0.29) is 17.3 Å². The first-order valence-corrected chi connectivity index (χ1v) is 14.4. The smallest absolute Gasteiger partial charge is 0.264 e. The Kier molecular flexibility index (Phi) is 10.3. The average molecular weight is 556 g/mol. The molecule has 0 heterocycles. The van der Waals surface area contributed by atoms with Gasteiger partial charge in [-0.15, -0.1) is 0 Å². The summed E-state index contributed by atoms with van der Waals surface area (Å²) in [5.74, 6) is -0.800. The summed E-state index contributed by atoms with van der Waals surface area (Å²) in [4.78, 5) is 28.3. The Morgan fingerprint density at radius 3 is 2.18 bits per heavy atom. The minimum absolute atomic E-state index is 0.0781. The summed E-state index contributed by atoms with van der Waals surface area (Å²) in [6, 6.07) is 21.1. The van der Waals surface area contributed by atoms with Gasteiger partial charge in [0.05, 0.1) is 10.6 Å². The fourth-order valence-electron chi connectivity index (χ4n) is 3.87. The molecule has 38 heavy (non-hydrogen) atoms. The number of halogens is 1. The van der Waals surface area contributed by atoms with Gasteiger partial charge in [0.2, 0.25) is 11.8 Å². The number of para-hydroxylation sites is 1. The molecule has 1 atom stereocenters. The van der Waals surface area contributed by atoms with E-state index in [0.717, 1.165) is 28.3 Å². The number of aryl methyl sites for hydroxylation is 1. The van der Waals surface area contributed by atoms with Gasteiger partial charge < -0.3 is 10.2 Å². The van der Waals surface area contributed by atoms with Gasteiger partial charge >= 0.3 is 0 Å². The summed E-state index contributed by atoms with van der Waals surface area (Å²) in [6.07, 6.45) is 1.74. The second kappa shape index (κ2) is 13.4. The standard InChI is InChI=1S/C29H34ClN3O4S/c1-4-5-19-31-29(35)23(3)32(20-24-13-15-25(30)16-14-24)28(34)21-33(26-9-7-6-8-10-26)38(36,37)27-17-11-22(2)12-18-27/h6-18,23H,4-5,19-21H2,1-3H3,(H,31,35)/t23-/m0/s1. The molecule has 0 saturated carbocycles. The van der Waals surface area contributed by atoms with Crippen LogP contribution in [0.15, 0.2) is 83.8 Å². The highest BCUT2D eigenvalue weighted by Crippen LogP contribution is 2.25. The van der Waals surface area contributed by atoms with E-state index in [4.69, 9.17) is 11.6 Å². The predicted molar refractivity (Wildman–Crippen MR) is 152 cm³/mol. The highest BCUT2D eigenvalue weighted by atomic mass is 35.5. The van der Waals surface area contributed by atoms with Crippen LogP contribution in [0.25, 0.3) is 0 Å². The Morgan fingerprint density at radius 1 is 0.947 bits per heavy atom. The number of hydrogen-bond donors (Lipinski definition) is 1. The number of nitrogens with one attached hydrogen (secondary N) is 1. The normalized spacial score (nSPS) is 12.0. The monoisotopic (exact) mass is 555 g/mol. The third kappa shape index (κ3) is 7.58. The van der Waals surface area contributed by atoms with Crippen molar-refractivity contribution >= 4 is 39.1 Å². The molecule has 0 bridgehead atoms. The minimum Gasteiger partial charge on any atom is -0.354 e. The fraction of sp³-hybridized carbons (Fsp3) is 0.310. The van der Waals surface area contributed by atoms with Crippen LogP contribution in [0.3, 0.4) is 0 Å². The SMILES string of the molecule is CCCCNC(=O)[C@H](C)N(Cc1ccc(Cl)cc1)C(=O)CN(c1ccccc1)S(=O)(=O)c1ccc(C)cc1. The van der Waals surface area contributed by atoms with Gasteiger partial charge in [-0.05, 0) is 62.2 Å². The molecule has 1 N–H and O–H groups in total. The summed E-state index contributed by atoms with van der Waals surface area (Å²) in [6.45, 7) is 5.69. The average Bonchev–Trinajstić information content (AvgIpc) is 2.91. The zero-order valence-electron chi connectivity index (χ0n) is 21.9. The molecule has 9 heteroatoms. The van der Waals surface area contributed by atoms with Crippen LogP contribution in [0.1, 0.15) is 37.8 Å². The Hall–Kier alpha value is -3.36. The van der Waals surface area contributed by atoms with Crippen molar-refractivity contribution in [3.05, 3.63) is 95.0 Å². The zero-order valence-corrected chi connectivity index (χ0v) is 23.5. The predicted octanol–water partition coefficient (Wildman–Crippen LogP) is 5.18. The van der Waals surface area contributed by atoms with E-state index in [2.05, 4.69) is 5.32 Å². The Morgan fingerprint density at radius 2 is 1.58 bits per heavy atom. The quantitative estimate of drug-likeness (QED) is 0.312. The summed E-state index contributed by atoms with van der Waals surface area (Å²) in [5, 5.41) is 3.43. The molecule has 0 fully saturated rings. The van der Waals surface area contributed by atoms with Crippen LogP contribution in [0.5, 0.6) is 0 Å². The number of carbonyl (C=O) groups excluding carboxylic acids is 2. The molecular formula is C29H34ClN3O4S. The Balaban J connectivity index is 1.96. The van der Waals surface area contributed by atoms with Crippen molar-refractivity contribution in [2.24, 2.45) is 0 Å². The van der Waals surface area contributed by atoms with Gasteiger partial charge in [0.15, 0.2) is 0 Å². The molecule has 0 saturated heterocycles. The van der Waals surface area contributed by atoms with E-state index < -0.39 is 28.5 Å². The number of anilines is 1. The lowest BCUT2D eigenvalue weighted by Gasteiger charge is -2.32. The number of carbonyl (C=O) groups is 2. The Bertz CT molecular complexity index is 1310. The van der Waals surface area contributed by atoms with Crippen LogP contribution in [-0.4, -0.2) is 44.3 Å². The van der Waals surface area contributed by atoms with E-state index >= 15 is 0 Å². The molecule has 7 nitrogen and oxygen atoms in total. The molecule has 0 aliphatic carbocycles. The molecule has 3 aromatic rings. The number of benzene rings is 3. The van der Waals surface area contributed by atoms with E-state index in [1.807, 2.05) is 13.8 Å². The highest BCUT2D eigenvalue weighted by molar-refractivity contribution is 7.92. The molecule has 0 radical (unpaired) electrons. The van der Waals surface area contributed by atoms with Crippen LogP contribution < -0.4 is 9.62 Å². The summed E-state index contributed by atoms with van der Waals surface area (Å²) < 4.78 is 28.6. The van der Waals surface area contributed by atoms with Crippen LogP contribution >= 0.6 is 11.6 Å². The van der Waals surface area contributed by atoms with Crippen molar-refractivity contribution in [2.45, 2.75) is 51.1 Å². The van der Waals surface area contributed by atoms with E-state index in [9.17, 15) is 18.0 Å². The molecule has 0 aliphatic rings. The van der Waals surface area contributed by atoms with Gasteiger partial charge in [-0.2, -0.15) is 0 Å². The summed E-state index contributed by atoms with van der Waals surface area (Å²) >= 11 is 6.03. The number of sulfonamides is 1. The zero-order chi connectivity index (χ0) is 27.7. The van der Waals surface area contributed by atoms with Gasteiger partial charge in [0.1, 0.15) is 12.6 Å². The lowest BCUT2D eigenvalue weighted by atomic mass is 10.1.